The average Bonchev–Trinajstić information content (AvgIpc) is 2.51. The molecule has 0 saturated carbocycles. The summed E-state index contributed by atoms with van der Waals surface area (Å²) in [7, 11) is -3.88. The van der Waals surface area contributed by atoms with Gasteiger partial charge in [0.1, 0.15) is 0 Å². The smallest absolute Gasteiger partial charge is 0.197 e. The maximum absolute atomic E-state index is 11.3. The molecule has 1 aromatic carbocycles. The molecule has 0 bridgehead atoms. The molecule has 0 fully saturated rings. The fourth-order valence-corrected chi connectivity index (χ4v) is 3.02. The fourth-order valence-electron chi connectivity index (χ4n) is 2.04. The molecule has 3 nitrogen and oxygen atoms in total. The first-order valence-corrected chi connectivity index (χ1v) is 11.1. The van der Waals surface area contributed by atoms with E-state index in [4.69, 9.17) is 0 Å². The van der Waals surface area contributed by atoms with Crippen molar-refractivity contribution in [1.82, 2.24) is 0 Å². The Morgan fingerprint density at radius 3 is 1.96 bits per heavy atom. The molecule has 0 aliphatic carbocycles. The van der Waals surface area contributed by atoms with Crippen molar-refractivity contribution in [3.05, 3.63) is 33.4 Å². The van der Waals surface area contributed by atoms with Crippen molar-refractivity contribution in [2.75, 3.05) is 5.75 Å². The third-order valence-electron chi connectivity index (χ3n) is 3.55. The summed E-state index contributed by atoms with van der Waals surface area (Å²) in [5.41, 5.74) is 1.68. The highest BCUT2D eigenvalue weighted by Gasteiger charge is 2.12. The summed E-state index contributed by atoms with van der Waals surface area (Å²) >= 11 is 2.32. The van der Waals surface area contributed by atoms with Crippen molar-refractivity contribution < 1.29 is 17.3 Å². The van der Waals surface area contributed by atoms with Crippen LogP contribution in [0.2, 0.25) is 0 Å². The van der Waals surface area contributed by atoms with Gasteiger partial charge in [-0.3, -0.25) is 0 Å². The van der Waals surface area contributed by atoms with Gasteiger partial charge in [-0.25, -0.2) is 0 Å². The quantitative estimate of drug-likeness (QED) is 0.336. The highest BCUT2D eigenvalue weighted by molar-refractivity contribution is 14.1. The van der Waals surface area contributed by atoms with E-state index < -0.39 is 10.1 Å². The van der Waals surface area contributed by atoms with Crippen molar-refractivity contribution in [3.8, 4) is 0 Å². The molecule has 140 valence electrons. The first-order chi connectivity index (χ1) is 11.1. The summed E-state index contributed by atoms with van der Waals surface area (Å²) in [6.07, 6.45) is 5.76. The van der Waals surface area contributed by atoms with Crippen LogP contribution >= 0.6 is 22.6 Å². The molecule has 0 unspecified atom stereocenters. The first-order valence-electron chi connectivity index (χ1n) is 8.41. The van der Waals surface area contributed by atoms with Gasteiger partial charge < -0.3 is 0 Å². The van der Waals surface area contributed by atoms with Crippen LogP contribution in [-0.2, 0) is 19.9 Å². The standard InChI is InChI=1S/C10H13I.C8H17FO3S/c1-10(2,3)8-4-6-9(11)7-5-8;1-2-3-4-5-6-7-8-13(10,11)12-9/h4-7H,1-3H3;2-8H2,1H3. The molecule has 0 amide bonds. The topological polar surface area (TPSA) is 43.4 Å². The second kappa shape index (κ2) is 12.2. The Hall–Kier alpha value is -0.210. The van der Waals surface area contributed by atoms with Crippen molar-refractivity contribution in [2.24, 2.45) is 0 Å². The zero-order valence-corrected chi connectivity index (χ0v) is 18.1. The van der Waals surface area contributed by atoms with Gasteiger partial charge >= 0.3 is 0 Å². The zero-order valence-electron chi connectivity index (χ0n) is 15.1. The maximum atomic E-state index is 11.3. The molecule has 0 radical (unpaired) electrons. The van der Waals surface area contributed by atoms with Crippen LogP contribution in [0.5, 0.6) is 0 Å². The monoisotopic (exact) mass is 472 g/mol. The Morgan fingerprint density at radius 2 is 1.50 bits per heavy atom. The highest BCUT2D eigenvalue weighted by Crippen LogP contribution is 2.22. The van der Waals surface area contributed by atoms with E-state index in [0.29, 0.717) is 6.42 Å². The molecule has 0 aromatic heterocycles. The summed E-state index contributed by atoms with van der Waals surface area (Å²) in [6, 6.07) is 8.70. The van der Waals surface area contributed by atoms with Crippen LogP contribution in [0.25, 0.3) is 0 Å². The minimum absolute atomic E-state index is 0.213. The van der Waals surface area contributed by atoms with Gasteiger partial charge in [0, 0.05) is 3.57 Å². The van der Waals surface area contributed by atoms with Gasteiger partial charge in [0.15, 0.2) is 0 Å². The normalized spacial score (nSPS) is 11.8. The minimum atomic E-state index is -3.88. The van der Waals surface area contributed by atoms with E-state index in [1.807, 2.05) is 0 Å². The molecule has 0 atom stereocenters. The minimum Gasteiger partial charge on any atom is -0.197 e. The number of unbranched alkanes of at least 4 members (excludes halogenated alkanes) is 5. The van der Waals surface area contributed by atoms with Gasteiger partial charge in [-0.2, -0.15) is 8.42 Å². The molecule has 1 aromatic rings. The largest absolute Gasteiger partial charge is 0.297 e. The molecule has 0 aliphatic heterocycles. The van der Waals surface area contributed by atoms with Crippen molar-refractivity contribution in [3.63, 3.8) is 0 Å². The van der Waals surface area contributed by atoms with E-state index in [1.165, 1.54) is 15.6 Å². The van der Waals surface area contributed by atoms with Crippen molar-refractivity contribution in [1.29, 1.82) is 0 Å². The number of hydrogen-bond acceptors (Lipinski definition) is 3. The molecule has 0 spiro atoms. The molecule has 0 N–H and O–H groups in total. The molecule has 0 saturated heterocycles. The summed E-state index contributed by atoms with van der Waals surface area (Å²) in [4.78, 5) is 0. The van der Waals surface area contributed by atoms with Crippen LogP contribution in [0.4, 0.5) is 4.53 Å². The SMILES string of the molecule is CC(C)(C)c1ccc(I)cc1.CCCCCCCCS(=O)(=O)OF. The Morgan fingerprint density at radius 1 is 1.00 bits per heavy atom. The Bertz CT molecular complexity index is 536. The third kappa shape index (κ3) is 12.2. The Labute approximate surface area is 160 Å². The third-order valence-corrected chi connectivity index (χ3v) is 5.25. The van der Waals surface area contributed by atoms with E-state index in [2.05, 4.69) is 78.9 Å². The molecular formula is C18H30FIO3S. The van der Waals surface area contributed by atoms with Gasteiger partial charge in [0.2, 0.25) is 0 Å². The Kier molecular flexibility index (Phi) is 12.1. The predicted molar refractivity (Wildman–Crippen MR) is 107 cm³/mol. The van der Waals surface area contributed by atoms with Crippen LogP contribution in [0, 0.1) is 3.57 Å². The van der Waals surface area contributed by atoms with E-state index in [-0.39, 0.29) is 11.2 Å². The molecule has 0 heterocycles. The van der Waals surface area contributed by atoms with Crippen LogP contribution in [0.3, 0.4) is 0 Å². The van der Waals surface area contributed by atoms with Crippen molar-refractivity contribution in [2.45, 2.75) is 71.6 Å². The lowest BCUT2D eigenvalue weighted by molar-refractivity contribution is 0.00288. The fraction of sp³-hybridized carbons (Fsp3) is 0.667. The highest BCUT2D eigenvalue weighted by atomic mass is 127. The molecular weight excluding hydrogens is 442 g/mol. The van der Waals surface area contributed by atoms with Gasteiger partial charge in [0.25, 0.3) is 10.1 Å². The second-order valence-electron chi connectivity index (χ2n) is 6.85. The van der Waals surface area contributed by atoms with Gasteiger partial charge in [0.05, 0.1) is 5.75 Å². The van der Waals surface area contributed by atoms with Gasteiger partial charge in [-0.1, -0.05) is 76.3 Å². The lowest BCUT2D eigenvalue weighted by Gasteiger charge is -2.18. The van der Waals surface area contributed by atoms with E-state index in [9.17, 15) is 12.9 Å². The zero-order chi connectivity index (χ0) is 18.6. The van der Waals surface area contributed by atoms with E-state index in [1.54, 1.807) is 0 Å². The number of halogens is 2. The van der Waals surface area contributed by atoms with E-state index >= 15 is 0 Å². The van der Waals surface area contributed by atoms with Crippen LogP contribution in [0.1, 0.15) is 71.8 Å². The number of benzene rings is 1. The predicted octanol–water partition coefficient (Wildman–Crippen LogP) is 6.17. The Balaban J connectivity index is 0.000000446. The summed E-state index contributed by atoms with van der Waals surface area (Å²) in [6.45, 7) is 8.81. The molecule has 1 rings (SSSR count). The van der Waals surface area contributed by atoms with Crippen LogP contribution in [0.15, 0.2) is 24.3 Å². The van der Waals surface area contributed by atoms with Crippen LogP contribution in [-0.4, -0.2) is 14.2 Å². The molecule has 24 heavy (non-hydrogen) atoms. The van der Waals surface area contributed by atoms with Crippen LogP contribution < -0.4 is 0 Å². The lowest BCUT2D eigenvalue weighted by atomic mass is 9.87. The molecule has 6 heteroatoms. The van der Waals surface area contributed by atoms with E-state index in [0.717, 1.165) is 25.7 Å². The second-order valence-corrected chi connectivity index (χ2v) is 9.74. The average molecular weight is 472 g/mol. The number of rotatable bonds is 8. The van der Waals surface area contributed by atoms with Gasteiger partial charge in [-0.05, 0) is 56.6 Å². The molecule has 0 aliphatic rings. The van der Waals surface area contributed by atoms with Crippen molar-refractivity contribution >= 4 is 32.7 Å². The summed E-state index contributed by atoms with van der Waals surface area (Å²) < 4.78 is 36.4. The summed E-state index contributed by atoms with van der Waals surface area (Å²) in [5.74, 6) is -0.213. The maximum Gasteiger partial charge on any atom is 0.297 e. The van der Waals surface area contributed by atoms with Gasteiger partial charge in [-0.15, -0.1) is 0 Å². The first kappa shape index (κ1) is 23.8. The number of hydrogen-bond donors (Lipinski definition) is 0. The lowest BCUT2D eigenvalue weighted by Crippen LogP contribution is -2.10. The summed E-state index contributed by atoms with van der Waals surface area (Å²) in [5, 5.41) is 0.